The minimum absolute atomic E-state index is 0.124. The molecule has 0 amide bonds. The molecule has 0 radical (unpaired) electrons. The van der Waals surface area contributed by atoms with E-state index in [1.165, 1.54) is 53.1 Å². The Labute approximate surface area is 191 Å². The van der Waals surface area contributed by atoms with Crippen LogP contribution in [-0.4, -0.2) is 32.0 Å². The van der Waals surface area contributed by atoms with Crippen LogP contribution in [0.3, 0.4) is 0 Å². The summed E-state index contributed by atoms with van der Waals surface area (Å²) in [6.45, 7) is 5.21. The summed E-state index contributed by atoms with van der Waals surface area (Å²) in [7, 11) is 0. The summed E-state index contributed by atoms with van der Waals surface area (Å²) < 4.78 is 45.8. The Morgan fingerprint density at radius 3 is 2.45 bits per heavy atom. The molecule has 0 aromatic heterocycles. The van der Waals surface area contributed by atoms with Gasteiger partial charge in [0.25, 0.3) is 0 Å². The largest absolute Gasteiger partial charge is 0.573 e. The summed E-state index contributed by atoms with van der Waals surface area (Å²) in [5.74, 6) is 5.79. The lowest BCUT2D eigenvalue weighted by atomic mass is 9.85. The molecular formula is C26H27F3NO3+. The van der Waals surface area contributed by atoms with Crippen molar-refractivity contribution in [3.8, 4) is 17.6 Å². The molecule has 2 aromatic rings. The molecule has 174 valence electrons. The number of halogens is 3. The number of carbonyl (C=O) groups excluding carboxylic acids is 1. The molecule has 7 heteroatoms. The Bertz CT molecular complexity index is 1060. The standard InChI is InChI=1S/C26H26F3NO3/c1-2-32-24(31)4-3-15-30-17-21-10-7-20(16-23(21)25(18-30)13-14-25)6-5-19-8-11-22(12-9-19)33-26(27,28)29/h7-12,16H,2-4,13-15,17-18H2,1H3/p+1. The Balaban J connectivity index is 1.41. The van der Waals surface area contributed by atoms with Gasteiger partial charge in [-0.2, -0.15) is 0 Å². The van der Waals surface area contributed by atoms with E-state index in [9.17, 15) is 18.0 Å². The first-order valence-electron chi connectivity index (χ1n) is 11.3. The molecular weight excluding hydrogens is 431 g/mol. The van der Waals surface area contributed by atoms with Crippen LogP contribution in [0.25, 0.3) is 0 Å². The zero-order valence-corrected chi connectivity index (χ0v) is 18.6. The van der Waals surface area contributed by atoms with E-state index >= 15 is 0 Å². The number of alkyl halides is 3. The second kappa shape index (κ2) is 9.48. The highest BCUT2D eigenvalue weighted by Gasteiger charge is 2.51. The van der Waals surface area contributed by atoms with Crippen molar-refractivity contribution in [2.24, 2.45) is 0 Å². The lowest BCUT2D eigenvalue weighted by Crippen LogP contribution is -3.12. The summed E-state index contributed by atoms with van der Waals surface area (Å²) in [6, 6.07) is 11.9. The average molecular weight is 459 g/mol. The van der Waals surface area contributed by atoms with Crippen LogP contribution in [-0.2, 0) is 21.5 Å². The molecule has 1 spiro atoms. The van der Waals surface area contributed by atoms with Crippen molar-refractivity contribution in [3.05, 3.63) is 64.7 Å². The highest BCUT2D eigenvalue weighted by Crippen LogP contribution is 2.49. The van der Waals surface area contributed by atoms with Crippen LogP contribution in [0.5, 0.6) is 5.75 Å². The van der Waals surface area contributed by atoms with Gasteiger partial charge in [-0.25, -0.2) is 0 Å². The Morgan fingerprint density at radius 2 is 1.79 bits per heavy atom. The van der Waals surface area contributed by atoms with Crippen LogP contribution in [0.4, 0.5) is 13.2 Å². The highest BCUT2D eigenvalue weighted by atomic mass is 19.4. The van der Waals surface area contributed by atoms with Gasteiger partial charge in [0.1, 0.15) is 12.3 Å². The number of ether oxygens (including phenoxy) is 2. The fraction of sp³-hybridized carbons (Fsp3) is 0.423. The van der Waals surface area contributed by atoms with Gasteiger partial charge in [0.15, 0.2) is 0 Å². The third kappa shape index (κ3) is 6.08. The molecule has 1 heterocycles. The molecule has 0 bridgehead atoms. The van der Waals surface area contributed by atoms with Crippen molar-refractivity contribution in [2.75, 3.05) is 19.7 Å². The van der Waals surface area contributed by atoms with Crippen molar-refractivity contribution < 1.29 is 32.3 Å². The summed E-state index contributed by atoms with van der Waals surface area (Å²) in [5.41, 5.74) is 4.45. The second-order valence-electron chi connectivity index (χ2n) is 8.74. The first-order chi connectivity index (χ1) is 15.8. The molecule has 1 saturated carbocycles. The van der Waals surface area contributed by atoms with Crippen LogP contribution in [0, 0.1) is 11.8 Å². The van der Waals surface area contributed by atoms with E-state index in [1.54, 1.807) is 0 Å². The van der Waals surface area contributed by atoms with Gasteiger partial charge in [0.2, 0.25) is 0 Å². The van der Waals surface area contributed by atoms with Crippen LogP contribution < -0.4 is 9.64 Å². The molecule has 1 atom stereocenters. The van der Waals surface area contributed by atoms with Gasteiger partial charge in [-0.3, -0.25) is 4.79 Å². The molecule has 2 aromatic carbocycles. The van der Waals surface area contributed by atoms with E-state index in [4.69, 9.17) is 4.74 Å². The molecule has 0 saturated heterocycles. The van der Waals surface area contributed by atoms with Crippen molar-refractivity contribution in [3.63, 3.8) is 0 Å². The summed E-state index contributed by atoms with van der Waals surface area (Å²) >= 11 is 0. The SMILES string of the molecule is CCOC(=O)CCC[NH+]1Cc2ccc(C#Cc3ccc(OC(F)(F)F)cc3)cc2C2(CC2)C1. The molecule has 1 N–H and O–H groups in total. The zero-order chi connectivity index (χ0) is 23.5. The second-order valence-corrected chi connectivity index (χ2v) is 8.74. The molecule has 1 unspecified atom stereocenters. The fourth-order valence-electron chi connectivity index (χ4n) is 4.58. The van der Waals surface area contributed by atoms with Gasteiger partial charge >= 0.3 is 12.3 Å². The van der Waals surface area contributed by atoms with E-state index in [1.807, 2.05) is 13.0 Å². The van der Waals surface area contributed by atoms with E-state index in [0.717, 1.165) is 31.6 Å². The monoisotopic (exact) mass is 458 g/mol. The molecule has 33 heavy (non-hydrogen) atoms. The topological polar surface area (TPSA) is 40.0 Å². The predicted molar refractivity (Wildman–Crippen MR) is 117 cm³/mol. The van der Waals surface area contributed by atoms with Crippen molar-refractivity contribution in [2.45, 2.75) is 50.9 Å². The fourth-order valence-corrected chi connectivity index (χ4v) is 4.58. The first kappa shape index (κ1) is 23.2. The van der Waals surface area contributed by atoms with Crippen molar-refractivity contribution in [1.29, 1.82) is 0 Å². The molecule has 1 aliphatic heterocycles. The summed E-state index contributed by atoms with van der Waals surface area (Å²) in [5, 5.41) is 0. The van der Waals surface area contributed by atoms with E-state index in [2.05, 4.69) is 28.7 Å². The van der Waals surface area contributed by atoms with Gasteiger partial charge in [0, 0.05) is 28.5 Å². The van der Waals surface area contributed by atoms with Gasteiger partial charge in [-0.15, -0.1) is 13.2 Å². The maximum absolute atomic E-state index is 12.3. The number of fused-ring (bicyclic) bond motifs is 2. The zero-order valence-electron chi connectivity index (χ0n) is 18.6. The number of esters is 1. The number of carbonyl (C=O) groups is 1. The summed E-state index contributed by atoms with van der Waals surface area (Å²) in [4.78, 5) is 13.1. The Hall–Kier alpha value is -2.98. The van der Waals surface area contributed by atoms with Crippen LogP contribution in [0.2, 0.25) is 0 Å². The lowest BCUT2D eigenvalue weighted by Gasteiger charge is -2.32. The van der Waals surface area contributed by atoms with Crippen LogP contribution >= 0.6 is 0 Å². The predicted octanol–water partition coefficient (Wildman–Crippen LogP) is 3.76. The van der Waals surface area contributed by atoms with Crippen LogP contribution in [0.15, 0.2) is 42.5 Å². The average Bonchev–Trinajstić information content (AvgIpc) is 3.52. The minimum Gasteiger partial charge on any atom is -0.466 e. The quantitative estimate of drug-likeness (QED) is 0.530. The molecule has 4 rings (SSSR count). The number of hydrogen-bond acceptors (Lipinski definition) is 3. The highest BCUT2D eigenvalue weighted by molar-refractivity contribution is 5.69. The summed E-state index contributed by atoms with van der Waals surface area (Å²) in [6.07, 6.45) is -1.07. The normalized spacial score (nSPS) is 18.1. The number of rotatable bonds is 6. The van der Waals surface area contributed by atoms with Gasteiger partial charge in [-0.1, -0.05) is 17.9 Å². The third-order valence-corrected chi connectivity index (χ3v) is 6.22. The Kier molecular flexibility index (Phi) is 6.66. The van der Waals surface area contributed by atoms with Gasteiger partial charge in [0.05, 0.1) is 26.1 Å². The molecule has 4 nitrogen and oxygen atoms in total. The molecule has 1 aliphatic carbocycles. The maximum Gasteiger partial charge on any atom is 0.573 e. The lowest BCUT2D eigenvalue weighted by molar-refractivity contribution is -0.919. The van der Waals surface area contributed by atoms with E-state index < -0.39 is 6.36 Å². The Morgan fingerprint density at radius 1 is 1.09 bits per heavy atom. The number of nitrogens with one attached hydrogen (secondary N) is 1. The number of hydrogen-bond donors (Lipinski definition) is 1. The number of benzene rings is 2. The molecule has 1 fully saturated rings. The minimum atomic E-state index is -4.70. The third-order valence-electron chi connectivity index (χ3n) is 6.22. The van der Waals surface area contributed by atoms with Gasteiger partial charge in [-0.05, 0) is 61.7 Å². The smallest absolute Gasteiger partial charge is 0.466 e. The van der Waals surface area contributed by atoms with Gasteiger partial charge < -0.3 is 14.4 Å². The first-order valence-corrected chi connectivity index (χ1v) is 11.3. The molecule has 2 aliphatic rings. The van der Waals surface area contributed by atoms with Crippen molar-refractivity contribution >= 4 is 5.97 Å². The number of quaternary nitrogens is 1. The maximum atomic E-state index is 12.3. The van der Waals surface area contributed by atoms with E-state index in [-0.39, 0.29) is 17.1 Å². The van der Waals surface area contributed by atoms with E-state index in [0.29, 0.717) is 18.6 Å². The van der Waals surface area contributed by atoms with Crippen LogP contribution in [0.1, 0.15) is 54.9 Å². The van der Waals surface area contributed by atoms with Crippen molar-refractivity contribution in [1.82, 2.24) is 0 Å².